The molecule has 1 saturated heterocycles. The number of hydrogen-bond donors (Lipinski definition) is 1. The third kappa shape index (κ3) is 3.04. The van der Waals surface area contributed by atoms with Crippen molar-refractivity contribution in [2.75, 3.05) is 13.2 Å². The molecule has 0 aromatic heterocycles. The number of ether oxygens (including phenoxy) is 2. The van der Waals surface area contributed by atoms with Gasteiger partial charge in [0.2, 0.25) is 0 Å². The summed E-state index contributed by atoms with van der Waals surface area (Å²) in [6, 6.07) is 13.8. The van der Waals surface area contributed by atoms with E-state index in [9.17, 15) is 4.79 Å². The van der Waals surface area contributed by atoms with Gasteiger partial charge in [0.25, 0.3) is 5.91 Å². The van der Waals surface area contributed by atoms with Gasteiger partial charge in [0, 0.05) is 24.9 Å². The first-order valence-electron chi connectivity index (χ1n) is 8.84. The molecule has 2 aliphatic rings. The molecule has 1 aliphatic heterocycles. The van der Waals surface area contributed by atoms with Crippen LogP contribution in [0.25, 0.3) is 10.8 Å². The Bertz CT molecular complexity index is 731. The molecule has 1 spiro atoms. The van der Waals surface area contributed by atoms with Gasteiger partial charge in [-0.3, -0.25) is 4.79 Å². The fourth-order valence-corrected chi connectivity index (χ4v) is 3.80. The summed E-state index contributed by atoms with van der Waals surface area (Å²) in [6.07, 6.45) is 5.48. The second-order valence-electron chi connectivity index (χ2n) is 6.76. The highest BCUT2D eigenvalue weighted by Crippen LogP contribution is 2.37. The second-order valence-corrected chi connectivity index (χ2v) is 6.76. The third-order valence-electron chi connectivity index (χ3n) is 5.05. The number of fused-ring (bicyclic) bond motifs is 1. The summed E-state index contributed by atoms with van der Waals surface area (Å²) in [4.78, 5) is 12.6. The van der Waals surface area contributed by atoms with Crippen LogP contribution >= 0.6 is 0 Å². The zero-order chi connectivity index (χ0) is 16.4. The van der Waals surface area contributed by atoms with Gasteiger partial charge in [0.05, 0.1) is 6.61 Å². The average molecular weight is 325 g/mol. The van der Waals surface area contributed by atoms with Gasteiger partial charge in [-0.15, -0.1) is 0 Å². The molecule has 2 aromatic carbocycles. The molecule has 1 amide bonds. The minimum absolute atomic E-state index is 0.0537. The van der Waals surface area contributed by atoms with Gasteiger partial charge in [0.1, 0.15) is 6.10 Å². The quantitative estimate of drug-likeness (QED) is 0.937. The minimum Gasteiger partial charge on any atom is -0.349 e. The fourth-order valence-electron chi connectivity index (χ4n) is 3.80. The van der Waals surface area contributed by atoms with Gasteiger partial charge in [0.15, 0.2) is 5.79 Å². The molecule has 1 saturated carbocycles. The van der Waals surface area contributed by atoms with Gasteiger partial charge in [-0.2, -0.15) is 0 Å². The Hall–Kier alpha value is -1.91. The first kappa shape index (κ1) is 15.6. The number of benzene rings is 2. The SMILES string of the molecule is O=C(NC[C@H]1COC2(CCCCC2)O1)c1cccc2ccccc12. The number of rotatable bonds is 3. The predicted molar refractivity (Wildman–Crippen MR) is 92.9 cm³/mol. The number of hydrogen-bond acceptors (Lipinski definition) is 3. The predicted octanol–water partition coefficient (Wildman–Crippen LogP) is 3.65. The minimum atomic E-state index is -0.382. The lowest BCUT2D eigenvalue weighted by Gasteiger charge is -2.31. The Labute approximate surface area is 142 Å². The van der Waals surface area contributed by atoms with E-state index in [-0.39, 0.29) is 17.8 Å². The molecular weight excluding hydrogens is 302 g/mol. The standard InChI is InChI=1S/C20H23NO3/c22-19(18-10-6-8-15-7-2-3-9-17(15)18)21-13-16-14-23-20(24-16)11-4-1-5-12-20/h2-3,6-10,16H,1,4-5,11-14H2,(H,21,22)/t16-/m0/s1. The van der Waals surface area contributed by atoms with Gasteiger partial charge >= 0.3 is 0 Å². The van der Waals surface area contributed by atoms with Crippen molar-refractivity contribution in [3.63, 3.8) is 0 Å². The summed E-state index contributed by atoms with van der Waals surface area (Å²) in [6.45, 7) is 1.06. The van der Waals surface area contributed by atoms with Crippen molar-refractivity contribution >= 4 is 16.7 Å². The lowest BCUT2D eigenvalue weighted by Crippen LogP contribution is -2.37. The van der Waals surface area contributed by atoms with E-state index in [0.29, 0.717) is 18.7 Å². The van der Waals surface area contributed by atoms with Crippen LogP contribution < -0.4 is 5.32 Å². The molecule has 1 atom stereocenters. The Morgan fingerprint density at radius 2 is 1.88 bits per heavy atom. The van der Waals surface area contributed by atoms with Crippen molar-refractivity contribution in [2.24, 2.45) is 0 Å². The highest BCUT2D eigenvalue weighted by molar-refractivity contribution is 6.06. The first-order valence-corrected chi connectivity index (χ1v) is 8.84. The van der Waals surface area contributed by atoms with Crippen molar-refractivity contribution in [3.8, 4) is 0 Å². The largest absolute Gasteiger partial charge is 0.349 e. The lowest BCUT2D eigenvalue weighted by atomic mass is 9.94. The van der Waals surface area contributed by atoms with Gasteiger partial charge in [-0.1, -0.05) is 42.8 Å². The third-order valence-corrected chi connectivity index (χ3v) is 5.05. The van der Waals surface area contributed by atoms with E-state index in [2.05, 4.69) is 5.32 Å². The second kappa shape index (κ2) is 6.54. The van der Waals surface area contributed by atoms with E-state index < -0.39 is 0 Å². The van der Waals surface area contributed by atoms with Crippen LogP contribution in [0.15, 0.2) is 42.5 Å². The van der Waals surface area contributed by atoms with E-state index in [1.165, 1.54) is 6.42 Å². The summed E-state index contributed by atoms with van der Waals surface area (Å²) >= 11 is 0. The van der Waals surface area contributed by atoms with Crippen molar-refractivity contribution in [1.82, 2.24) is 5.32 Å². The van der Waals surface area contributed by atoms with Crippen LogP contribution in [0.4, 0.5) is 0 Å². The molecule has 4 heteroatoms. The van der Waals surface area contributed by atoms with E-state index in [4.69, 9.17) is 9.47 Å². The molecule has 1 heterocycles. The monoisotopic (exact) mass is 325 g/mol. The number of nitrogens with one attached hydrogen (secondary N) is 1. The molecule has 1 N–H and O–H groups in total. The van der Waals surface area contributed by atoms with Gasteiger partial charge < -0.3 is 14.8 Å². The molecule has 4 rings (SSSR count). The number of carbonyl (C=O) groups excluding carboxylic acids is 1. The Morgan fingerprint density at radius 1 is 1.08 bits per heavy atom. The normalized spacial score (nSPS) is 22.8. The summed E-state index contributed by atoms with van der Waals surface area (Å²) < 4.78 is 12.1. The molecule has 0 unspecified atom stereocenters. The van der Waals surface area contributed by atoms with Crippen LogP contribution in [0, 0.1) is 0 Å². The first-order chi connectivity index (χ1) is 11.8. The van der Waals surface area contributed by atoms with Crippen molar-refractivity contribution in [1.29, 1.82) is 0 Å². The molecule has 24 heavy (non-hydrogen) atoms. The summed E-state index contributed by atoms with van der Waals surface area (Å²) in [5.74, 6) is -0.437. The van der Waals surface area contributed by atoms with Crippen LogP contribution in [0.2, 0.25) is 0 Å². The average Bonchev–Trinajstić information content (AvgIpc) is 3.02. The Kier molecular flexibility index (Phi) is 4.25. The molecule has 1 aliphatic carbocycles. The maximum absolute atomic E-state index is 12.6. The highest BCUT2D eigenvalue weighted by Gasteiger charge is 2.42. The van der Waals surface area contributed by atoms with Crippen LogP contribution in [0.3, 0.4) is 0 Å². The zero-order valence-electron chi connectivity index (χ0n) is 13.8. The van der Waals surface area contributed by atoms with Crippen molar-refractivity contribution in [3.05, 3.63) is 48.0 Å². The number of amides is 1. The summed E-state index contributed by atoms with van der Waals surface area (Å²) in [7, 11) is 0. The van der Waals surface area contributed by atoms with Gasteiger partial charge in [-0.05, 0) is 29.7 Å². The molecular formula is C20H23NO3. The van der Waals surface area contributed by atoms with Crippen molar-refractivity contribution in [2.45, 2.75) is 44.0 Å². The summed E-state index contributed by atoms with van der Waals surface area (Å²) in [5, 5.41) is 5.06. The van der Waals surface area contributed by atoms with E-state index in [1.54, 1.807) is 0 Å². The molecule has 0 bridgehead atoms. The van der Waals surface area contributed by atoms with Gasteiger partial charge in [-0.25, -0.2) is 0 Å². The molecule has 4 nitrogen and oxygen atoms in total. The highest BCUT2D eigenvalue weighted by atomic mass is 16.7. The fraction of sp³-hybridized carbons (Fsp3) is 0.450. The van der Waals surface area contributed by atoms with Crippen LogP contribution in [0.5, 0.6) is 0 Å². The number of carbonyl (C=O) groups is 1. The Morgan fingerprint density at radius 3 is 2.75 bits per heavy atom. The van der Waals surface area contributed by atoms with E-state index >= 15 is 0 Å². The van der Waals surface area contributed by atoms with E-state index in [1.807, 2.05) is 42.5 Å². The molecule has 0 radical (unpaired) electrons. The smallest absolute Gasteiger partial charge is 0.252 e. The van der Waals surface area contributed by atoms with Crippen molar-refractivity contribution < 1.29 is 14.3 Å². The van der Waals surface area contributed by atoms with Crippen LogP contribution in [-0.2, 0) is 9.47 Å². The van der Waals surface area contributed by atoms with E-state index in [0.717, 1.165) is 36.5 Å². The topological polar surface area (TPSA) is 47.6 Å². The maximum atomic E-state index is 12.6. The molecule has 126 valence electrons. The summed E-state index contributed by atoms with van der Waals surface area (Å²) in [5.41, 5.74) is 0.708. The van der Waals surface area contributed by atoms with Crippen LogP contribution in [0.1, 0.15) is 42.5 Å². The lowest BCUT2D eigenvalue weighted by molar-refractivity contribution is -0.186. The zero-order valence-corrected chi connectivity index (χ0v) is 13.8. The Balaban J connectivity index is 1.40. The molecule has 2 fully saturated rings. The molecule has 2 aromatic rings. The maximum Gasteiger partial charge on any atom is 0.252 e. The van der Waals surface area contributed by atoms with Crippen LogP contribution in [-0.4, -0.2) is 30.9 Å².